The Balaban J connectivity index is 2.69. The lowest BCUT2D eigenvalue weighted by molar-refractivity contribution is -0.350. The van der Waals surface area contributed by atoms with E-state index in [1.165, 1.54) is 6.07 Å². The van der Waals surface area contributed by atoms with Crippen LogP contribution in [0.3, 0.4) is 0 Å². The van der Waals surface area contributed by atoms with E-state index in [0.29, 0.717) is 5.69 Å². The number of aromatic carboxylic acids is 1. The second-order valence-electron chi connectivity index (χ2n) is 3.02. The van der Waals surface area contributed by atoms with Gasteiger partial charge in [0, 0.05) is 23.2 Å². The number of aromatic amines is 1. The van der Waals surface area contributed by atoms with Gasteiger partial charge in [-0.05, 0) is 18.2 Å². The largest absolute Gasteiger partial charge is 0.473 e. The number of benzene rings is 1. The van der Waals surface area contributed by atoms with Crippen LogP contribution in [0, 0.1) is 0 Å². The van der Waals surface area contributed by atoms with Crippen molar-refractivity contribution in [3.8, 4) is 0 Å². The van der Waals surface area contributed by atoms with Crippen LogP contribution in [-0.4, -0.2) is 11.1 Å². The van der Waals surface area contributed by atoms with Gasteiger partial charge in [-0.25, -0.2) is 4.79 Å². The molecular weight excluding hydrogens is 180 g/mol. The van der Waals surface area contributed by atoms with Crippen LogP contribution >= 0.6 is 0 Å². The van der Waals surface area contributed by atoms with Crippen LogP contribution in [0.4, 0.5) is 5.69 Å². The van der Waals surface area contributed by atoms with Gasteiger partial charge in [0.25, 0.3) is 5.69 Å². The van der Waals surface area contributed by atoms with E-state index in [-0.39, 0.29) is 5.69 Å². The van der Waals surface area contributed by atoms with Crippen molar-refractivity contribution in [1.29, 1.82) is 0 Å². The van der Waals surface area contributed by atoms with Gasteiger partial charge in [0.15, 0.2) is 0 Å². The second-order valence-corrected chi connectivity index (χ2v) is 3.02. The van der Waals surface area contributed by atoms with Crippen molar-refractivity contribution in [3.05, 3.63) is 36.0 Å². The third-order valence-electron chi connectivity index (χ3n) is 2.01. The number of aromatic nitrogens is 1. The van der Waals surface area contributed by atoms with E-state index in [1.54, 1.807) is 18.2 Å². The molecule has 0 atom stereocenters. The monoisotopic (exact) mass is 189 g/mol. The Labute approximate surface area is 80.0 Å². The number of rotatable bonds is 1. The Morgan fingerprint density at radius 1 is 1.29 bits per heavy atom. The average molecular weight is 189 g/mol. The van der Waals surface area contributed by atoms with Crippen LogP contribution in [-0.2, 0) is 0 Å². The van der Waals surface area contributed by atoms with Crippen molar-refractivity contribution in [3.63, 3.8) is 0 Å². The summed E-state index contributed by atoms with van der Waals surface area (Å²) in [7, 11) is 0. The molecule has 0 fully saturated rings. The molecule has 1 heterocycles. The first-order valence-corrected chi connectivity index (χ1v) is 4.12. The minimum atomic E-state index is -0.977. The molecule has 2 aromatic rings. The minimum absolute atomic E-state index is 0.156. The molecule has 0 radical (unpaired) electrons. The molecule has 0 aliphatic heterocycles. The normalized spacial score (nSPS) is 10.3. The molecule has 4 nitrogen and oxygen atoms in total. The Kier molecular flexibility index (Phi) is 1.81. The highest BCUT2D eigenvalue weighted by Gasteiger charge is 2.12. The Bertz CT molecular complexity index is 508. The van der Waals surface area contributed by atoms with Gasteiger partial charge in [-0.15, -0.1) is 0 Å². The van der Waals surface area contributed by atoms with Crippen LogP contribution in [0.1, 0.15) is 10.5 Å². The van der Waals surface area contributed by atoms with Gasteiger partial charge in [-0.2, -0.15) is 4.98 Å². The third kappa shape index (κ3) is 1.37. The molecule has 14 heavy (non-hydrogen) atoms. The average Bonchev–Trinajstić information content (AvgIpc) is 2.16. The zero-order valence-electron chi connectivity index (χ0n) is 7.32. The van der Waals surface area contributed by atoms with Crippen molar-refractivity contribution in [2.24, 2.45) is 0 Å². The number of nitrogens with two attached hydrogens (primary N) is 1. The van der Waals surface area contributed by atoms with Gasteiger partial charge in [0.1, 0.15) is 0 Å². The van der Waals surface area contributed by atoms with Gasteiger partial charge in [-0.1, -0.05) is 0 Å². The fourth-order valence-electron chi connectivity index (χ4n) is 1.31. The topological polar surface area (TPSA) is 77.5 Å². The summed E-state index contributed by atoms with van der Waals surface area (Å²) < 4.78 is 0. The summed E-state index contributed by atoms with van der Waals surface area (Å²) in [6.45, 7) is 0. The number of nitrogen functional groups attached to an aromatic ring is 1. The van der Waals surface area contributed by atoms with Crippen LogP contribution in [0.15, 0.2) is 30.3 Å². The maximum absolute atomic E-state index is 10.7. The lowest BCUT2D eigenvalue weighted by Gasteiger charge is -1.94. The highest BCUT2D eigenvalue weighted by molar-refractivity contribution is 5.86. The summed E-state index contributed by atoms with van der Waals surface area (Å²) in [5.41, 5.74) is 7.07. The van der Waals surface area contributed by atoms with E-state index < -0.39 is 5.97 Å². The molecule has 70 valence electrons. The predicted molar refractivity (Wildman–Crippen MR) is 51.9 cm³/mol. The molecule has 0 saturated heterocycles. The van der Waals surface area contributed by atoms with Gasteiger partial charge in [0.2, 0.25) is 5.52 Å². The highest BCUT2D eigenvalue weighted by Crippen LogP contribution is 2.12. The lowest BCUT2D eigenvalue weighted by Crippen LogP contribution is -2.16. The van der Waals surface area contributed by atoms with Crippen molar-refractivity contribution >= 4 is 22.6 Å². The van der Waals surface area contributed by atoms with E-state index in [1.807, 2.05) is 6.07 Å². The number of carbonyl (C=O) groups is 1. The molecule has 4 N–H and O–H groups in total. The van der Waals surface area contributed by atoms with Crippen molar-refractivity contribution in [2.45, 2.75) is 0 Å². The Morgan fingerprint density at radius 3 is 2.71 bits per heavy atom. The van der Waals surface area contributed by atoms with E-state index in [0.717, 1.165) is 10.9 Å². The van der Waals surface area contributed by atoms with Crippen molar-refractivity contribution in [1.82, 2.24) is 0 Å². The molecule has 4 heteroatoms. The first kappa shape index (κ1) is 8.50. The molecule has 0 bridgehead atoms. The highest BCUT2D eigenvalue weighted by atomic mass is 16.4. The second kappa shape index (κ2) is 2.99. The molecule has 0 aliphatic carbocycles. The van der Waals surface area contributed by atoms with Crippen LogP contribution in [0.25, 0.3) is 10.9 Å². The molecule has 0 saturated carbocycles. The molecule has 0 unspecified atom stereocenters. The quantitative estimate of drug-likeness (QED) is 0.655. The number of hydrogen-bond acceptors (Lipinski definition) is 2. The first-order valence-electron chi connectivity index (χ1n) is 4.12. The third-order valence-corrected chi connectivity index (χ3v) is 2.01. The van der Waals surface area contributed by atoms with Crippen molar-refractivity contribution < 1.29 is 14.9 Å². The van der Waals surface area contributed by atoms with Crippen LogP contribution in [0.2, 0.25) is 0 Å². The van der Waals surface area contributed by atoms with E-state index in [4.69, 9.17) is 10.8 Å². The maximum atomic E-state index is 10.7. The number of H-pyrrole nitrogens is 1. The Hall–Kier alpha value is -2.10. The molecule has 0 aliphatic rings. The summed E-state index contributed by atoms with van der Waals surface area (Å²) in [5, 5.41) is 9.69. The van der Waals surface area contributed by atoms with Gasteiger partial charge in [-0.3, -0.25) is 0 Å². The molecule has 1 aromatic carbocycles. The van der Waals surface area contributed by atoms with Crippen LogP contribution in [0.5, 0.6) is 0 Å². The van der Waals surface area contributed by atoms with Gasteiger partial charge in [0.05, 0.1) is 0 Å². The number of hydrogen-bond donors (Lipinski definition) is 2. The molecule has 0 spiro atoms. The van der Waals surface area contributed by atoms with Crippen molar-refractivity contribution in [2.75, 3.05) is 5.73 Å². The van der Waals surface area contributed by atoms with E-state index in [9.17, 15) is 4.79 Å². The predicted octanol–water partition coefficient (Wildman–Crippen LogP) is 0.934. The van der Waals surface area contributed by atoms with E-state index in [2.05, 4.69) is 4.98 Å². The summed E-state index contributed by atoms with van der Waals surface area (Å²) in [6.07, 6.45) is 0. The zero-order chi connectivity index (χ0) is 10.1. The molecule has 1 aromatic heterocycles. The zero-order valence-corrected chi connectivity index (χ0v) is 7.32. The van der Waals surface area contributed by atoms with Crippen LogP contribution < -0.4 is 10.7 Å². The number of carboxylic acids is 1. The number of nitrogens with one attached hydrogen (secondary N) is 1. The lowest BCUT2D eigenvalue weighted by atomic mass is 10.2. The molecular formula is C10H9N2O2+. The number of anilines is 1. The van der Waals surface area contributed by atoms with Gasteiger partial charge < -0.3 is 10.8 Å². The number of fused-ring (bicyclic) bond motifs is 1. The Morgan fingerprint density at radius 2 is 2.00 bits per heavy atom. The van der Waals surface area contributed by atoms with E-state index >= 15 is 0 Å². The minimum Gasteiger partial charge on any atom is -0.473 e. The number of pyridine rings is 1. The standard InChI is InChI=1S/C10H8N2O2/c11-7-3-1-6-2-4-8(10(13)14)12-9(6)5-7/h1-5H,11H2,(H,13,14)/p+1. The molecule has 2 rings (SSSR count). The fraction of sp³-hybridized carbons (Fsp3) is 0. The maximum Gasteiger partial charge on any atom is 0.401 e. The van der Waals surface area contributed by atoms with Gasteiger partial charge >= 0.3 is 5.97 Å². The molecule has 0 amide bonds. The smallest absolute Gasteiger partial charge is 0.401 e. The summed E-state index contributed by atoms with van der Waals surface area (Å²) in [5.74, 6) is -0.977. The summed E-state index contributed by atoms with van der Waals surface area (Å²) in [6, 6.07) is 8.60. The SMILES string of the molecule is Nc1ccc2ccc(C(=O)O)[nH+]c2c1. The fourth-order valence-corrected chi connectivity index (χ4v) is 1.31. The summed E-state index contributed by atoms with van der Waals surface area (Å²) in [4.78, 5) is 13.5. The first-order chi connectivity index (χ1) is 6.66. The summed E-state index contributed by atoms with van der Waals surface area (Å²) >= 11 is 0. The number of carboxylic acid groups (broad SMARTS) is 1.